The van der Waals surface area contributed by atoms with Crippen molar-refractivity contribution >= 4 is 11.0 Å². The highest BCUT2D eigenvalue weighted by Gasteiger charge is 1.96. The largest absolute Gasteiger partial charge is 0.0843 e. The summed E-state index contributed by atoms with van der Waals surface area (Å²) in [5, 5.41) is 0. The maximum absolute atomic E-state index is 2.29. The molecule has 0 N–H and O–H groups in total. The highest BCUT2D eigenvalue weighted by Crippen LogP contribution is 2.16. The van der Waals surface area contributed by atoms with Crippen LogP contribution >= 0.6 is 0 Å². The van der Waals surface area contributed by atoms with Crippen molar-refractivity contribution < 1.29 is 0 Å². The highest BCUT2D eigenvalue weighted by atomic mass is 28.1. The van der Waals surface area contributed by atoms with Gasteiger partial charge in [0.2, 0.25) is 0 Å². The molecule has 1 aliphatic carbocycles. The van der Waals surface area contributed by atoms with Crippen molar-refractivity contribution in [1.29, 1.82) is 0 Å². The maximum Gasteiger partial charge on any atom is 0 e. The van der Waals surface area contributed by atoms with Crippen LogP contribution in [0.1, 0.15) is 39.5 Å². The minimum atomic E-state index is 0. The van der Waals surface area contributed by atoms with Gasteiger partial charge in [-0.3, -0.25) is 0 Å². The molecule has 11 heavy (non-hydrogen) atoms. The predicted molar refractivity (Wildman–Crippen MR) is 51.7 cm³/mol. The van der Waals surface area contributed by atoms with Gasteiger partial charge in [0.25, 0.3) is 0 Å². The number of hydrogen-bond donors (Lipinski definition) is 0. The molecule has 4 radical (unpaired) electrons. The van der Waals surface area contributed by atoms with E-state index in [4.69, 9.17) is 0 Å². The molecule has 0 atom stereocenters. The van der Waals surface area contributed by atoms with Crippen LogP contribution in [-0.4, -0.2) is 11.0 Å². The fraction of sp³-hybridized carbons (Fsp3) is 0.600. The van der Waals surface area contributed by atoms with Crippen LogP contribution in [0.4, 0.5) is 0 Å². The zero-order valence-corrected chi connectivity index (χ0v) is 8.48. The second-order valence-corrected chi connectivity index (χ2v) is 3.11. The SMILES string of the molecule is CC1=C(\C)CCCC/C=C\1.[Si]. The second-order valence-electron chi connectivity index (χ2n) is 3.11. The van der Waals surface area contributed by atoms with Gasteiger partial charge in [-0.1, -0.05) is 23.3 Å². The number of hydrogen-bond acceptors (Lipinski definition) is 0. The van der Waals surface area contributed by atoms with Crippen LogP contribution in [0.5, 0.6) is 0 Å². The molecule has 0 fully saturated rings. The van der Waals surface area contributed by atoms with Gasteiger partial charge in [0.05, 0.1) is 0 Å². The third-order valence-electron chi connectivity index (χ3n) is 2.21. The summed E-state index contributed by atoms with van der Waals surface area (Å²) in [4.78, 5) is 0. The summed E-state index contributed by atoms with van der Waals surface area (Å²) in [5.41, 5.74) is 3.04. The van der Waals surface area contributed by atoms with Crippen LogP contribution in [0.15, 0.2) is 23.3 Å². The Bertz CT molecular complexity index is 166. The first-order chi connectivity index (χ1) is 4.80. The normalized spacial score (nSPS) is 28.2. The zero-order chi connectivity index (χ0) is 7.40. The lowest BCUT2D eigenvalue weighted by Crippen LogP contribution is -1.86. The quantitative estimate of drug-likeness (QED) is 0.483. The summed E-state index contributed by atoms with van der Waals surface area (Å²) in [6.45, 7) is 4.45. The van der Waals surface area contributed by atoms with Crippen molar-refractivity contribution in [3.63, 3.8) is 0 Å². The molecular weight excluding hydrogens is 148 g/mol. The molecule has 0 aromatic heterocycles. The third-order valence-corrected chi connectivity index (χ3v) is 2.21. The molecule has 0 saturated heterocycles. The van der Waals surface area contributed by atoms with Gasteiger partial charge in [0.1, 0.15) is 0 Å². The van der Waals surface area contributed by atoms with Gasteiger partial charge >= 0.3 is 0 Å². The van der Waals surface area contributed by atoms with Crippen LogP contribution < -0.4 is 0 Å². The van der Waals surface area contributed by atoms with E-state index in [0.717, 1.165) is 0 Å². The molecular formula is C10H16Si. The van der Waals surface area contributed by atoms with Crippen LogP contribution in [-0.2, 0) is 0 Å². The van der Waals surface area contributed by atoms with Crippen molar-refractivity contribution in [3.8, 4) is 0 Å². The first kappa shape index (κ1) is 10.7. The second kappa shape index (κ2) is 5.36. The lowest BCUT2D eigenvalue weighted by molar-refractivity contribution is 0.732. The van der Waals surface area contributed by atoms with Crippen LogP contribution in [0, 0.1) is 0 Å². The molecule has 1 aliphatic rings. The fourth-order valence-electron chi connectivity index (χ4n) is 1.25. The average Bonchev–Trinajstić information content (AvgIpc) is 1.92. The Morgan fingerprint density at radius 1 is 1.18 bits per heavy atom. The molecule has 0 unspecified atom stereocenters. The number of rotatable bonds is 0. The third kappa shape index (κ3) is 3.56. The highest BCUT2D eigenvalue weighted by molar-refractivity contribution is 5.75. The number of allylic oxidation sites excluding steroid dienone is 4. The van der Waals surface area contributed by atoms with Gasteiger partial charge in [-0.2, -0.15) is 0 Å². The molecule has 0 aliphatic heterocycles. The molecule has 0 heterocycles. The van der Waals surface area contributed by atoms with E-state index >= 15 is 0 Å². The molecule has 0 spiro atoms. The van der Waals surface area contributed by atoms with E-state index in [1.54, 1.807) is 5.57 Å². The van der Waals surface area contributed by atoms with E-state index in [9.17, 15) is 0 Å². The molecule has 1 rings (SSSR count). The Morgan fingerprint density at radius 2 is 1.91 bits per heavy atom. The average molecular weight is 164 g/mol. The Labute approximate surface area is 74.4 Å². The standard InChI is InChI=1S/C10H16.Si/c1-9-7-5-3-4-6-8-10(9)2;/h5,7H,3-4,6,8H2,1-2H3;/b7-5-,10-9-;. The summed E-state index contributed by atoms with van der Waals surface area (Å²) in [6, 6.07) is 0. The Kier molecular flexibility index (Phi) is 5.21. The monoisotopic (exact) mass is 164 g/mol. The van der Waals surface area contributed by atoms with E-state index in [-0.39, 0.29) is 11.0 Å². The zero-order valence-electron chi connectivity index (χ0n) is 7.48. The first-order valence-corrected chi connectivity index (χ1v) is 4.13. The van der Waals surface area contributed by atoms with Crippen molar-refractivity contribution in [2.24, 2.45) is 0 Å². The molecule has 1 heteroatoms. The van der Waals surface area contributed by atoms with Gasteiger partial charge < -0.3 is 0 Å². The van der Waals surface area contributed by atoms with Crippen molar-refractivity contribution in [3.05, 3.63) is 23.3 Å². The Hall–Kier alpha value is -0.303. The smallest absolute Gasteiger partial charge is 0 e. The van der Waals surface area contributed by atoms with E-state index in [1.165, 1.54) is 31.3 Å². The Morgan fingerprint density at radius 3 is 2.64 bits per heavy atom. The molecule has 0 aromatic rings. The molecule has 0 bridgehead atoms. The minimum absolute atomic E-state index is 0. The molecule has 60 valence electrons. The van der Waals surface area contributed by atoms with Crippen molar-refractivity contribution in [1.82, 2.24) is 0 Å². The minimum Gasteiger partial charge on any atom is -0.0843 e. The van der Waals surface area contributed by atoms with Gasteiger partial charge in [0, 0.05) is 11.0 Å². The van der Waals surface area contributed by atoms with Gasteiger partial charge in [-0.25, -0.2) is 0 Å². The van der Waals surface area contributed by atoms with E-state index in [1.807, 2.05) is 0 Å². The van der Waals surface area contributed by atoms with E-state index in [0.29, 0.717) is 0 Å². The first-order valence-electron chi connectivity index (χ1n) is 4.13. The van der Waals surface area contributed by atoms with Gasteiger partial charge in [-0.15, -0.1) is 0 Å². The van der Waals surface area contributed by atoms with Gasteiger partial charge in [-0.05, 0) is 39.5 Å². The molecule has 0 aromatic carbocycles. The van der Waals surface area contributed by atoms with Crippen molar-refractivity contribution in [2.75, 3.05) is 0 Å². The van der Waals surface area contributed by atoms with E-state index in [2.05, 4.69) is 26.0 Å². The lowest BCUT2D eigenvalue weighted by atomic mass is 10.0. The summed E-state index contributed by atoms with van der Waals surface area (Å²) < 4.78 is 0. The molecule has 0 nitrogen and oxygen atoms in total. The van der Waals surface area contributed by atoms with Crippen molar-refractivity contribution in [2.45, 2.75) is 39.5 Å². The fourth-order valence-corrected chi connectivity index (χ4v) is 1.25. The summed E-state index contributed by atoms with van der Waals surface area (Å²) >= 11 is 0. The maximum atomic E-state index is 2.29. The molecule has 0 amide bonds. The topological polar surface area (TPSA) is 0 Å². The van der Waals surface area contributed by atoms with Crippen LogP contribution in [0.3, 0.4) is 0 Å². The molecule has 0 saturated carbocycles. The summed E-state index contributed by atoms with van der Waals surface area (Å²) in [7, 11) is 0. The predicted octanol–water partition coefficient (Wildman–Crippen LogP) is 3.07. The van der Waals surface area contributed by atoms with E-state index < -0.39 is 0 Å². The van der Waals surface area contributed by atoms with Crippen LogP contribution in [0.2, 0.25) is 0 Å². The Balaban J connectivity index is 0.000001000. The lowest BCUT2D eigenvalue weighted by Gasteiger charge is -2.06. The summed E-state index contributed by atoms with van der Waals surface area (Å²) in [6.07, 6.45) is 9.85. The summed E-state index contributed by atoms with van der Waals surface area (Å²) in [5.74, 6) is 0. The van der Waals surface area contributed by atoms with Gasteiger partial charge in [0.15, 0.2) is 0 Å². The van der Waals surface area contributed by atoms with Crippen LogP contribution in [0.25, 0.3) is 0 Å².